The van der Waals surface area contributed by atoms with Crippen LogP contribution in [0.15, 0.2) is 18.5 Å². The van der Waals surface area contributed by atoms with Gasteiger partial charge in [-0.05, 0) is 73.6 Å². The van der Waals surface area contributed by atoms with Crippen molar-refractivity contribution >= 4 is 57.2 Å². The van der Waals surface area contributed by atoms with E-state index in [9.17, 15) is 13.2 Å². The molecule has 1 aliphatic heterocycles. The quantitative estimate of drug-likeness (QED) is 0.616. The number of urea groups is 1. The van der Waals surface area contributed by atoms with Crippen molar-refractivity contribution < 1.29 is 17.9 Å². The van der Waals surface area contributed by atoms with Crippen LogP contribution in [0.4, 0.5) is 16.2 Å². The standard InChI is InChI=1S/C23H29N5O4S.Na.H/c1-27-12-18(11-24-27)28(17-9-23(10-17)13-32-14-23)33(30,31)26-22(29)25-21-19-6-2-4-15(19)8-16-5-3-7-20(16)21;;/h8,11-12,17H,2-7,9-10,13-14H2,1H3,(H2,25,26,29);;. The number of ether oxygens (including phenoxy) is 1. The number of aryl methyl sites for hydroxylation is 3. The van der Waals surface area contributed by atoms with Crippen LogP contribution in [0, 0.1) is 5.41 Å². The van der Waals surface area contributed by atoms with Crippen molar-refractivity contribution in [3.8, 4) is 0 Å². The maximum absolute atomic E-state index is 13.4. The van der Waals surface area contributed by atoms with Gasteiger partial charge in [0.2, 0.25) is 0 Å². The molecule has 4 aliphatic rings. The minimum atomic E-state index is -4.13. The fourth-order valence-corrected chi connectivity index (χ4v) is 7.37. The molecule has 1 aromatic heterocycles. The van der Waals surface area contributed by atoms with E-state index >= 15 is 0 Å². The second-order valence-electron chi connectivity index (χ2n) is 10.0. The molecule has 1 saturated carbocycles. The van der Waals surface area contributed by atoms with E-state index in [-0.39, 0.29) is 41.0 Å². The van der Waals surface area contributed by atoms with Crippen molar-refractivity contribution in [3.63, 3.8) is 0 Å². The zero-order chi connectivity index (χ0) is 22.8. The summed E-state index contributed by atoms with van der Waals surface area (Å²) in [6, 6.07) is 1.35. The molecule has 2 fully saturated rings. The summed E-state index contributed by atoms with van der Waals surface area (Å²) in [5.41, 5.74) is 6.26. The first-order valence-electron chi connectivity index (χ1n) is 11.7. The number of aromatic nitrogens is 2. The van der Waals surface area contributed by atoms with E-state index in [0.29, 0.717) is 31.7 Å². The Kier molecular flexibility index (Phi) is 6.25. The summed E-state index contributed by atoms with van der Waals surface area (Å²) >= 11 is 0. The number of nitrogens with one attached hydrogen (secondary N) is 2. The molecule has 0 bridgehead atoms. The molecule has 0 atom stereocenters. The summed E-state index contributed by atoms with van der Waals surface area (Å²) in [6.07, 6.45) is 10.6. The molecule has 11 heteroatoms. The van der Waals surface area contributed by atoms with Gasteiger partial charge in [-0.25, -0.2) is 13.8 Å². The first-order valence-corrected chi connectivity index (χ1v) is 13.1. The van der Waals surface area contributed by atoms with E-state index in [2.05, 4.69) is 21.2 Å². The SMILES string of the molecule is Cn1cc(N(C2CC3(COC3)C2)S(=O)(=O)NC(=O)Nc2c3c(cc4c2CCC4)CCC3)cn1.[NaH]. The van der Waals surface area contributed by atoms with Crippen LogP contribution in [0.3, 0.4) is 0 Å². The Morgan fingerprint density at radius 3 is 2.32 bits per heavy atom. The van der Waals surface area contributed by atoms with Crippen LogP contribution in [-0.4, -0.2) is 73.0 Å². The second kappa shape index (κ2) is 8.81. The number of benzene rings is 1. The zero-order valence-electron chi connectivity index (χ0n) is 18.8. The van der Waals surface area contributed by atoms with E-state index in [1.807, 2.05) is 0 Å². The van der Waals surface area contributed by atoms with Gasteiger partial charge in [-0.1, -0.05) is 6.07 Å². The zero-order valence-corrected chi connectivity index (χ0v) is 19.6. The number of carbonyl (C=O) groups is 1. The van der Waals surface area contributed by atoms with Crippen molar-refractivity contribution in [2.75, 3.05) is 22.8 Å². The number of rotatable bonds is 5. The van der Waals surface area contributed by atoms with Crippen molar-refractivity contribution in [3.05, 3.63) is 40.7 Å². The van der Waals surface area contributed by atoms with Crippen LogP contribution in [0.1, 0.15) is 47.9 Å². The number of fused-ring (bicyclic) bond motifs is 2. The Morgan fingerprint density at radius 2 is 1.79 bits per heavy atom. The fourth-order valence-electron chi connectivity index (χ4n) is 6.07. The van der Waals surface area contributed by atoms with Gasteiger partial charge in [0.25, 0.3) is 0 Å². The number of anilines is 2. The topological polar surface area (TPSA) is 106 Å². The number of hydrogen-bond donors (Lipinski definition) is 2. The predicted molar refractivity (Wildman–Crippen MR) is 131 cm³/mol. The summed E-state index contributed by atoms with van der Waals surface area (Å²) < 4.78 is 37.4. The van der Waals surface area contributed by atoms with Crippen LogP contribution in [0.2, 0.25) is 0 Å². The van der Waals surface area contributed by atoms with Crippen LogP contribution < -0.4 is 14.3 Å². The van der Waals surface area contributed by atoms with Crippen LogP contribution in [0.25, 0.3) is 0 Å². The molecule has 0 radical (unpaired) electrons. The fraction of sp³-hybridized carbons (Fsp3) is 0.565. The van der Waals surface area contributed by atoms with Crippen molar-refractivity contribution in [1.82, 2.24) is 14.5 Å². The third-order valence-electron chi connectivity index (χ3n) is 7.62. The summed E-state index contributed by atoms with van der Waals surface area (Å²) in [5, 5.41) is 7.07. The molecule has 6 rings (SSSR count). The molecule has 1 spiro atoms. The molecular formula is C23H30N5NaO4S. The third kappa shape index (κ3) is 4.07. The van der Waals surface area contributed by atoms with Gasteiger partial charge in [0.1, 0.15) is 0 Å². The van der Waals surface area contributed by atoms with E-state index < -0.39 is 16.2 Å². The van der Waals surface area contributed by atoms with Crippen LogP contribution in [-0.2, 0) is 47.7 Å². The minimum absolute atomic E-state index is 0. The molecule has 1 saturated heterocycles. The summed E-state index contributed by atoms with van der Waals surface area (Å²) in [4.78, 5) is 13.0. The monoisotopic (exact) mass is 495 g/mol. The normalized spacial score (nSPS) is 20.0. The Bertz CT molecular complexity index is 1200. The average Bonchev–Trinajstić information content (AvgIpc) is 3.42. The van der Waals surface area contributed by atoms with E-state index in [1.54, 1.807) is 17.9 Å². The maximum atomic E-state index is 13.4. The number of hydrogen-bond acceptors (Lipinski definition) is 5. The Morgan fingerprint density at radius 1 is 1.15 bits per heavy atom. The summed E-state index contributed by atoms with van der Waals surface area (Å²) in [5.74, 6) is 0. The molecule has 2 N–H and O–H groups in total. The third-order valence-corrected chi connectivity index (χ3v) is 9.09. The molecule has 178 valence electrons. The molecule has 2 amide bonds. The van der Waals surface area contributed by atoms with Crippen LogP contribution >= 0.6 is 0 Å². The van der Waals surface area contributed by atoms with Gasteiger partial charge < -0.3 is 10.1 Å². The van der Waals surface area contributed by atoms with Crippen LogP contribution in [0.5, 0.6) is 0 Å². The average molecular weight is 496 g/mol. The first-order chi connectivity index (χ1) is 15.8. The molecule has 3 aliphatic carbocycles. The van der Waals surface area contributed by atoms with E-state index in [1.165, 1.54) is 32.8 Å². The van der Waals surface area contributed by atoms with Gasteiger partial charge >= 0.3 is 45.8 Å². The Balaban J connectivity index is 0.00000241. The Labute approximate surface area is 222 Å². The number of nitrogens with zero attached hydrogens (tertiary/aromatic N) is 3. The van der Waals surface area contributed by atoms with Gasteiger partial charge in [0.05, 0.1) is 25.1 Å². The van der Waals surface area contributed by atoms with E-state index in [4.69, 9.17) is 4.74 Å². The number of carbonyl (C=O) groups excluding carboxylic acids is 1. The molecule has 1 aromatic carbocycles. The molecule has 9 nitrogen and oxygen atoms in total. The van der Waals surface area contributed by atoms with Gasteiger partial charge in [0.15, 0.2) is 0 Å². The van der Waals surface area contributed by atoms with E-state index in [0.717, 1.165) is 44.2 Å². The first kappa shape index (κ1) is 24.1. The number of amides is 2. The van der Waals surface area contributed by atoms with Gasteiger partial charge in [-0.15, -0.1) is 0 Å². The summed E-state index contributed by atoms with van der Waals surface area (Å²) in [6.45, 7) is 1.34. The molecule has 0 unspecified atom stereocenters. The van der Waals surface area contributed by atoms with Crippen molar-refractivity contribution in [2.24, 2.45) is 12.5 Å². The molecule has 2 aromatic rings. The van der Waals surface area contributed by atoms with Crippen molar-refractivity contribution in [2.45, 2.75) is 57.4 Å². The Hall–Kier alpha value is -1.59. The van der Waals surface area contributed by atoms with Crippen molar-refractivity contribution in [1.29, 1.82) is 0 Å². The summed E-state index contributed by atoms with van der Waals surface area (Å²) in [7, 11) is -2.38. The predicted octanol–water partition coefficient (Wildman–Crippen LogP) is 1.80. The van der Waals surface area contributed by atoms with Gasteiger partial charge in [-0.3, -0.25) is 4.68 Å². The van der Waals surface area contributed by atoms with Gasteiger partial charge in [-0.2, -0.15) is 13.5 Å². The molecule has 34 heavy (non-hydrogen) atoms. The second-order valence-corrected chi connectivity index (χ2v) is 11.6. The molecular weight excluding hydrogens is 465 g/mol. The van der Waals surface area contributed by atoms with Gasteiger partial charge in [0, 0.05) is 30.4 Å². The molecule has 2 heterocycles.